The van der Waals surface area contributed by atoms with Gasteiger partial charge in [0.15, 0.2) is 0 Å². The Morgan fingerprint density at radius 2 is 2.11 bits per heavy atom. The van der Waals surface area contributed by atoms with Crippen LogP contribution in [0.1, 0.15) is 19.8 Å². The monoisotopic (exact) mass is 268 g/mol. The van der Waals surface area contributed by atoms with E-state index in [1.165, 1.54) is 0 Å². The van der Waals surface area contributed by atoms with Crippen molar-refractivity contribution in [3.8, 4) is 5.75 Å². The number of hydrogen-bond donors (Lipinski definition) is 2. The van der Waals surface area contributed by atoms with Gasteiger partial charge >= 0.3 is 0 Å². The number of carbonyl (C=O) groups is 1. The van der Waals surface area contributed by atoms with Crippen LogP contribution in [-0.4, -0.2) is 25.3 Å². The van der Waals surface area contributed by atoms with Crippen LogP contribution in [-0.2, 0) is 4.79 Å². The van der Waals surface area contributed by atoms with E-state index in [4.69, 9.17) is 4.74 Å². The highest BCUT2D eigenvalue weighted by molar-refractivity contribution is 8.00. The summed E-state index contributed by atoms with van der Waals surface area (Å²) >= 11 is 1.60. The average Bonchev–Trinajstić information content (AvgIpc) is 2.40. The molecule has 0 fully saturated rings. The van der Waals surface area contributed by atoms with E-state index < -0.39 is 0 Å². The number of rotatable bonds is 9. The molecule has 0 bridgehead atoms. The molecule has 2 N–H and O–H groups in total. The molecule has 0 aliphatic heterocycles. The van der Waals surface area contributed by atoms with Crippen LogP contribution in [0.2, 0.25) is 0 Å². The normalized spacial score (nSPS) is 11.7. The Bertz CT molecular complexity index is 343. The summed E-state index contributed by atoms with van der Waals surface area (Å²) in [7, 11) is 1.65. The number of nitrogens with one attached hydrogen (secondary N) is 2. The molecule has 18 heavy (non-hydrogen) atoms. The number of anilines is 1. The van der Waals surface area contributed by atoms with Crippen molar-refractivity contribution in [3.63, 3.8) is 0 Å². The first kappa shape index (κ1) is 14.7. The number of ether oxygens (including phenoxy) is 1. The van der Waals surface area contributed by atoms with Crippen molar-refractivity contribution in [1.29, 1.82) is 0 Å². The molecule has 0 spiro atoms. The lowest BCUT2D eigenvalue weighted by Gasteiger charge is -2.15. The van der Waals surface area contributed by atoms with E-state index in [-0.39, 0.29) is 6.04 Å². The zero-order valence-corrected chi connectivity index (χ0v) is 11.6. The Morgan fingerprint density at radius 3 is 2.67 bits per heavy atom. The van der Waals surface area contributed by atoms with E-state index in [1.807, 2.05) is 24.3 Å². The fourth-order valence-corrected chi connectivity index (χ4v) is 2.39. The molecule has 0 aliphatic carbocycles. The van der Waals surface area contributed by atoms with Gasteiger partial charge in [-0.15, -0.1) is 0 Å². The van der Waals surface area contributed by atoms with E-state index in [1.54, 1.807) is 19.1 Å². The Kier molecular flexibility index (Phi) is 7.10. The molecule has 4 nitrogen and oxygen atoms in total. The van der Waals surface area contributed by atoms with Crippen molar-refractivity contribution in [2.45, 2.75) is 25.8 Å². The first-order valence-corrected chi connectivity index (χ1v) is 7.00. The second-order valence-corrected chi connectivity index (χ2v) is 4.74. The van der Waals surface area contributed by atoms with Gasteiger partial charge in [0, 0.05) is 17.5 Å². The van der Waals surface area contributed by atoms with E-state index in [9.17, 15) is 4.79 Å². The summed E-state index contributed by atoms with van der Waals surface area (Å²) in [6.45, 7) is 2.11. The number of methoxy groups -OCH3 is 1. The number of benzene rings is 1. The van der Waals surface area contributed by atoms with Crippen LogP contribution >= 0.6 is 11.9 Å². The van der Waals surface area contributed by atoms with E-state index >= 15 is 0 Å². The summed E-state index contributed by atoms with van der Waals surface area (Å²) in [6.07, 6.45) is 2.83. The molecule has 0 heterocycles. The summed E-state index contributed by atoms with van der Waals surface area (Å²) < 4.78 is 8.34. The lowest BCUT2D eigenvalue weighted by molar-refractivity contribution is -0.110. The third kappa shape index (κ3) is 5.31. The predicted molar refractivity (Wildman–Crippen MR) is 77.0 cm³/mol. The molecule has 0 aromatic heterocycles. The lowest BCUT2D eigenvalue weighted by Crippen LogP contribution is -2.30. The molecule has 1 aromatic carbocycles. The standard InChI is InChI=1S/C13H20N2O2S/c1-3-4-12(14-10-16)9-18-15-11-5-7-13(17-2)8-6-11/h5-8,10,12,15H,3-4,9H2,1-2H3,(H,14,16). The molecule has 1 aromatic rings. The maximum absolute atomic E-state index is 10.4. The van der Waals surface area contributed by atoms with Gasteiger partial charge in [-0.25, -0.2) is 0 Å². The van der Waals surface area contributed by atoms with E-state index in [0.29, 0.717) is 0 Å². The van der Waals surface area contributed by atoms with Crippen molar-refractivity contribution in [1.82, 2.24) is 5.32 Å². The molecule has 100 valence electrons. The fraction of sp³-hybridized carbons (Fsp3) is 0.462. The SMILES string of the molecule is CCCC(CSNc1ccc(OC)cc1)NC=O. The minimum absolute atomic E-state index is 0.225. The molecule has 1 atom stereocenters. The Balaban J connectivity index is 2.32. The molecular formula is C13H20N2O2S. The van der Waals surface area contributed by atoms with Crippen molar-refractivity contribution in [3.05, 3.63) is 24.3 Å². The molecule has 0 radical (unpaired) electrons. The summed E-state index contributed by atoms with van der Waals surface area (Å²) in [4.78, 5) is 10.4. The topological polar surface area (TPSA) is 50.4 Å². The highest BCUT2D eigenvalue weighted by atomic mass is 32.2. The fourth-order valence-electron chi connectivity index (χ4n) is 1.54. The first-order chi connectivity index (χ1) is 8.80. The van der Waals surface area contributed by atoms with Gasteiger partial charge in [-0.05, 0) is 30.7 Å². The second kappa shape index (κ2) is 8.69. The molecule has 5 heteroatoms. The maximum atomic E-state index is 10.4. The van der Waals surface area contributed by atoms with Gasteiger partial charge in [-0.2, -0.15) is 0 Å². The maximum Gasteiger partial charge on any atom is 0.207 e. The molecule has 0 aliphatic rings. The van der Waals surface area contributed by atoms with Gasteiger partial charge in [-0.3, -0.25) is 4.79 Å². The first-order valence-electron chi connectivity index (χ1n) is 6.01. The summed E-state index contributed by atoms with van der Waals surface area (Å²) in [6, 6.07) is 7.98. The van der Waals surface area contributed by atoms with Crippen molar-refractivity contribution >= 4 is 24.0 Å². The van der Waals surface area contributed by atoms with Gasteiger partial charge in [0.2, 0.25) is 6.41 Å². The second-order valence-electron chi connectivity index (χ2n) is 3.91. The van der Waals surface area contributed by atoms with Gasteiger partial charge in [-0.1, -0.05) is 25.3 Å². The molecule has 0 saturated heterocycles. The summed E-state index contributed by atoms with van der Waals surface area (Å²) in [5, 5.41) is 2.83. The van der Waals surface area contributed by atoms with Crippen LogP contribution < -0.4 is 14.8 Å². The lowest BCUT2D eigenvalue weighted by atomic mass is 10.2. The Labute approximate surface area is 113 Å². The van der Waals surface area contributed by atoms with Crippen LogP contribution in [0.4, 0.5) is 5.69 Å². The van der Waals surface area contributed by atoms with Gasteiger partial charge in [0.1, 0.15) is 5.75 Å². The van der Waals surface area contributed by atoms with Crippen LogP contribution in [0.25, 0.3) is 0 Å². The number of amides is 1. The van der Waals surface area contributed by atoms with Crippen LogP contribution in [0.5, 0.6) is 5.75 Å². The summed E-state index contributed by atoms with van der Waals surface area (Å²) in [5.41, 5.74) is 1.03. The molecular weight excluding hydrogens is 248 g/mol. The molecule has 1 amide bonds. The zero-order chi connectivity index (χ0) is 13.2. The van der Waals surface area contributed by atoms with Crippen LogP contribution in [0, 0.1) is 0 Å². The quantitative estimate of drug-likeness (QED) is 0.534. The van der Waals surface area contributed by atoms with E-state index in [2.05, 4.69) is 17.0 Å². The largest absolute Gasteiger partial charge is 0.497 e. The predicted octanol–water partition coefficient (Wildman–Crippen LogP) is 2.67. The van der Waals surface area contributed by atoms with Crippen LogP contribution in [0.15, 0.2) is 24.3 Å². The van der Waals surface area contributed by atoms with Crippen LogP contribution in [0.3, 0.4) is 0 Å². The average molecular weight is 268 g/mol. The highest BCUT2D eigenvalue weighted by Crippen LogP contribution is 2.18. The highest BCUT2D eigenvalue weighted by Gasteiger charge is 2.05. The van der Waals surface area contributed by atoms with Gasteiger partial charge in [0.25, 0.3) is 0 Å². The molecule has 1 unspecified atom stereocenters. The molecule has 1 rings (SSSR count). The minimum Gasteiger partial charge on any atom is -0.497 e. The minimum atomic E-state index is 0.225. The Hall–Kier alpha value is -1.36. The Morgan fingerprint density at radius 1 is 1.39 bits per heavy atom. The van der Waals surface area contributed by atoms with Crippen molar-refractivity contribution < 1.29 is 9.53 Å². The number of carbonyl (C=O) groups excluding carboxylic acids is 1. The number of hydrogen-bond acceptors (Lipinski definition) is 4. The summed E-state index contributed by atoms with van der Waals surface area (Å²) in [5.74, 6) is 1.69. The third-order valence-corrected chi connectivity index (χ3v) is 3.45. The van der Waals surface area contributed by atoms with Crippen molar-refractivity contribution in [2.24, 2.45) is 0 Å². The third-order valence-electron chi connectivity index (χ3n) is 2.51. The smallest absolute Gasteiger partial charge is 0.207 e. The zero-order valence-electron chi connectivity index (χ0n) is 10.8. The van der Waals surface area contributed by atoms with Gasteiger partial charge < -0.3 is 14.8 Å². The van der Waals surface area contributed by atoms with Gasteiger partial charge in [0.05, 0.1) is 7.11 Å². The molecule has 0 saturated carbocycles. The van der Waals surface area contributed by atoms with Crippen molar-refractivity contribution in [2.75, 3.05) is 17.6 Å². The van der Waals surface area contributed by atoms with E-state index in [0.717, 1.165) is 36.4 Å².